The molecule has 1 aromatic heterocycles. The Morgan fingerprint density at radius 3 is 2.29 bits per heavy atom. The van der Waals surface area contributed by atoms with Gasteiger partial charge in [0.05, 0.1) is 6.04 Å². The van der Waals surface area contributed by atoms with Crippen LogP contribution in [0.4, 0.5) is 5.95 Å². The highest BCUT2D eigenvalue weighted by Crippen LogP contribution is 2.11. The molecular weight excluding hydrogens is 326 g/mol. The fourth-order valence-corrected chi connectivity index (χ4v) is 2.77. The SMILES string of the molecule is Cl.N[C@@H](Cc1ccccc1)C(=O)N1CCN(c2ncccn2)CC1. The average molecular weight is 348 g/mol. The molecule has 1 aromatic carbocycles. The Bertz CT molecular complexity index is 632. The molecule has 0 saturated carbocycles. The second-order valence-electron chi connectivity index (χ2n) is 5.66. The summed E-state index contributed by atoms with van der Waals surface area (Å²) in [7, 11) is 0. The maximum atomic E-state index is 12.5. The Labute approximate surface area is 148 Å². The van der Waals surface area contributed by atoms with Crippen molar-refractivity contribution in [2.45, 2.75) is 12.5 Å². The lowest BCUT2D eigenvalue weighted by atomic mass is 10.1. The smallest absolute Gasteiger partial charge is 0.239 e. The molecular formula is C17H22ClN5O. The molecule has 2 heterocycles. The Kier molecular flexibility index (Phi) is 6.52. The van der Waals surface area contributed by atoms with Crippen molar-refractivity contribution in [1.82, 2.24) is 14.9 Å². The van der Waals surface area contributed by atoms with E-state index in [0.29, 0.717) is 25.5 Å². The van der Waals surface area contributed by atoms with Gasteiger partial charge in [0.15, 0.2) is 0 Å². The van der Waals surface area contributed by atoms with Crippen molar-refractivity contribution in [3.8, 4) is 0 Å². The molecule has 1 atom stereocenters. The first-order valence-corrected chi connectivity index (χ1v) is 7.84. The third kappa shape index (κ3) is 4.43. The second-order valence-corrected chi connectivity index (χ2v) is 5.66. The largest absolute Gasteiger partial charge is 0.338 e. The molecule has 2 N–H and O–H groups in total. The minimum Gasteiger partial charge on any atom is -0.338 e. The molecule has 24 heavy (non-hydrogen) atoms. The van der Waals surface area contributed by atoms with Crippen molar-refractivity contribution < 1.29 is 4.79 Å². The highest BCUT2D eigenvalue weighted by atomic mass is 35.5. The van der Waals surface area contributed by atoms with Gasteiger partial charge in [0.25, 0.3) is 0 Å². The van der Waals surface area contributed by atoms with Gasteiger partial charge in [-0.25, -0.2) is 9.97 Å². The summed E-state index contributed by atoms with van der Waals surface area (Å²) in [6.07, 6.45) is 4.03. The molecule has 128 valence electrons. The molecule has 1 aliphatic heterocycles. The van der Waals surface area contributed by atoms with E-state index >= 15 is 0 Å². The van der Waals surface area contributed by atoms with Gasteiger partial charge in [0.2, 0.25) is 11.9 Å². The number of nitrogens with zero attached hydrogens (tertiary/aromatic N) is 4. The zero-order valence-electron chi connectivity index (χ0n) is 13.4. The Morgan fingerprint density at radius 2 is 1.67 bits per heavy atom. The van der Waals surface area contributed by atoms with Crippen molar-refractivity contribution in [2.75, 3.05) is 31.1 Å². The molecule has 1 amide bonds. The maximum Gasteiger partial charge on any atom is 0.239 e. The van der Waals surface area contributed by atoms with Gasteiger partial charge >= 0.3 is 0 Å². The van der Waals surface area contributed by atoms with E-state index in [9.17, 15) is 4.79 Å². The first kappa shape index (κ1) is 18.2. The number of hydrogen-bond acceptors (Lipinski definition) is 5. The van der Waals surface area contributed by atoms with E-state index in [0.717, 1.165) is 18.7 Å². The standard InChI is InChI=1S/C17H21N5O.ClH/c18-15(13-14-5-2-1-3-6-14)16(23)21-9-11-22(12-10-21)17-19-7-4-8-20-17;/h1-8,15H,9-13,18H2;1H/t15-;/m0./s1. The van der Waals surface area contributed by atoms with Gasteiger partial charge in [-0.1, -0.05) is 30.3 Å². The number of carbonyl (C=O) groups excluding carboxylic acids is 1. The van der Waals surface area contributed by atoms with Crippen LogP contribution in [0.5, 0.6) is 0 Å². The molecule has 0 aliphatic carbocycles. The molecule has 1 fully saturated rings. The number of benzene rings is 1. The zero-order chi connectivity index (χ0) is 16.1. The van der Waals surface area contributed by atoms with Gasteiger partial charge < -0.3 is 15.5 Å². The van der Waals surface area contributed by atoms with E-state index < -0.39 is 6.04 Å². The van der Waals surface area contributed by atoms with Crippen LogP contribution in [-0.2, 0) is 11.2 Å². The summed E-state index contributed by atoms with van der Waals surface area (Å²) in [5.74, 6) is 0.732. The summed E-state index contributed by atoms with van der Waals surface area (Å²) < 4.78 is 0. The Hall–Kier alpha value is -2.18. The number of aromatic nitrogens is 2. The van der Waals surface area contributed by atoms with Gasteiger partial charge in [-0.2, -0.15) is 0 Å². The minimum absolute atomic E-state index is 0. The van der Waals surface area contributed by atoms with E-state index in [2.05, 4.69) is 14.9 Å². The molecule has 7 heteroatoms. The molecule has 0 radical (unpaired) electrons. The molecule has 3 rings (SSSR count). The maximum absolute atomic E-state index is 12.5. The molecule has 0 bridgehead atoms. The molecule has 6 nitrogen and oxygen atoms in total. The van der Waals surface area contributed by atoms with Crippen molar-refractivity contribution in [1.29, 1.82) is 0 Å². The van der Waals surface area contributed by atoms with Gasteiger partial charge in [-0.15, -0.1) is 12.4 Å². The van der Waals surface area contributed by atoms with Crippen LogP contribution in [0.3, 0.4) is 0 Å². The fourth-order valence-electron chi connectivity index (χ4n) is 2.77. The predicted molar refractivity (Wildman–Crippen MR) is 96.2 cm³/mol. The Balaban J connectivity index is 0.00000208. The molecule has 0 unspecified atom stereocenters. The molecule has 1 saturated heterocycles. The number of nitrogens with two attached hydrogens (primary N) is 1. The Morgan fingerprint density at radius 1 is 1.04 bits per heavy atom. The van der Waals surface area contributed by atoms with Crippen LogP contribution in [0.1, 0.15) is 5.56 Å². The van der Waals surface area contributed by atoms with Crippen LogP contribution in [-0.4, -0.2) is 53.0 Å². The fraction of sp³-hybridized carbons (Fsp3) is 0.353. The summed E-state index contributed by atoms with van der Waals surface area (Å²) in [4.78, 5) is 24.9. The van der Waals surface area contributed by atoms with E-state index in [1.54, 1.807) is 18.5 Å². The van der Waals surface area contributed by atoms with Gasteiger partial charge in [0.1, 0.15) is 0 Å². The molecule has 0 spiro atoms. The van der Waals surface area contributed by atoms with E-state index in [-0.39, 0.29) is 18.3 Å². The average Bonchev–Trinajstić information content (AvgIpc) is 2.63. The van der Waals surface area contributed by atoms with Crippen LogP contribution >= 0.6 is 12.4 Å². The van der Waals surface area contributed by atoms with Crippen molar-refractivity contribution >= 4 is 24.3 Å². The quantitative estimate of drug-likeness (QED) is 0.897. The summed E-state index contributed by atoms with van der Waals surface area (Å²) in [6.45, 7) is 2.76. The highest BCUT2D eigenvalue weighted by Gasteiger charge is 2.26. The van der Waals surface area contributed by atoms with Crippen molar-refractivity contribution in [3.63, 3.8) is 0 Å². The van der Waals surface area contributed by atoms with Gasteiger partial charge in [0, 0.05) is 38.6 Å². The lowest BCUT2D eigenvalue weighted by molar-refractivity contribution is -0.132. The molecule has 2 aromatic rings. The summed E-state index contributed by atoms with van der Waals surface area (Å²) in [5, 5.41) is 0. The number of hydrogen-bond donors (Lipinski definition) is 1. The number of amides is 1. The first-order chi connectivity index (χ1) is 11.2. The predicted octanol–water partition coefficient (Wildman–Crippen LogP) is 1.12. The lowest BCUT2D eigenvalue weighted by Gasteiger charge is -2.35. The summed E-state index contributed by atoms with van der Waals surface area (Å²) >= 11 is 0. The van der Waals surface area contributed by atoms with E-state index in [1.165, 1.54) is 0 Å². The number of halogens is 1. The normalized spacial score (nSPS) is 15.5. The minimum atomic E-state index is -0.489. The van der Waals surface area contributed by atoms with Crippen LogP contribution < -0.4 is 10.6 Å². The summed E-state index contributed by atoms with van der Waals surface area (Å²) in [6, 6.07) is 11.2. The number of piperazine rings is 1. The number of carbonyl (C=O) groups is 1. The summed E-state index contributed by atoms with van der Waals surface area (Å²) in [5.41, 5.74) is 7.18. The van der Waals surface area contributed by atoms with Crippen LogP contribution in [0.15, 0.2) is 48.8 Å². The second kappa shape index (κ2) is 8.61. The topological polar surface area (TPSA) is 75.4 Å². The first-order valence-electron chi connectivity index (χ1n) is 7.84. The number of anilines is 1. The van der Waals surface area contributed by atoms with Crippen LogP contribution in [0.25, 0.3) is 0 Å². The van der Waals surface area contributed by atoms with Crippen molar-refractivity contribution in [3.05, 3.63) is 54.4 Å². The molecule has 1 aliphatic rings. The van der Waals surface area contributed by atoms with Crippen LogP contribution in [0.2, 0.25) is 0 Å². The van der Waals surface area contributed by atoms with Crippen molar-refractivity contribution in [2.24, 2.45) is 5.73 Å². The van der Waals surface area contributed by atoms with E-state index in [4.69, 9.17) is 5.73 Å². The monoisotopic (exact) mass is 347 g/mol. The third-order valence-electron chi connectivity index (χ3n) is 4.04. The van der Waals surface area contributed by atoms with Gasteiger partial charge in [-0.3, -0.25) is 4.79 Å². The van der Waals surface area contributed by atoms with E-state index in [1.807, 2.05) is 35.2 Å². The van der Waals surface area contributed by atoms with Gasteiger partial charge in [-0.05, 0) is 18.1 Å². The third-order valence-corrected chi connectivity index (χ3v) is 4.04. The van der Waals surface area contributed by atoms with Crippen LogP contribution in [0, 0.1) is 0 Å². The lowest BCUT2D eigenvalue weighted by Crippen LogP contribution is -2.54. The zero-order valence-corrected chi connectivity index (χ0v) is 14.2. The number of rotatable bonds is 4. The highest BCUT2D eigenvalue weighted by molar-refractivity contribution is 5.85.